The van der Waals surface area contributed by atoms with Gasteiger partial charge in [0, 0.05) is 11.1 Å². The highest BCUT2D eigenvalue weighted by atomic mass is 35.5. The third kappa shape index (κ3) is 9.53. The van der Waals surface area contributed by atoms with Crippen LogP contribution in [-0.2, 0) is 23.9 Å². The van der Waals surface area contributed by atoms with Crippen molar-refractivity contribution in [2.75, 3.05) is 12.3 Å². The summed E-state index contributed by atoms with van der Waals surface area (Å²) in [5.41, 5.74) is -2.92. The first-order chi connectivity index (χ1) is 19.8. The number of esters is 2. The number of thioether (sulfide) groups is 1. The average Bonchev–Trinajstić information content (AvgIpc) is 3.56. The summed E-state index contributed by atoms with van der Waals surface area (Å²) in [6.45, 7) is 11.3. The molecule has 4 atom stereocenters. The number of rotatable bonds is 6. The molecule has 0 saturated carbocycles. The highest BCUT2D eigenvalue weighted by Gasteiger charge is 2.46. The number of halogens is 2. The number of thiazole rings is 1. The highest BCUT2D eigenvalue weighted by molar-refractivity contribution is 8.14. The molecule has 4 bridgehead atoms. The summed E-state index contributed by atoms with van der Waals surface area (Å²) in [6, 6.07) is -1.37. The standard InChI is InChI=1S/C28H40Cl2N4O7S2/c1-14(2)19-22-33-16(13-42-22)24(37)40-17(9-8-10-28(7,29)30)26(3,4)25(38)41-20(27(5,6)39)23-32-15(12-43-23)21(36)31-11-18(35)34-19/h13-15,17,19-20,39H,8-12H2,1-7H3,(H,31,36)(H,34,35)/t15-,17?,19?,20?/m1/s1. The second-order valence-electron chi connectivity index (χ2n) is 12.4. The van der Waals surface area contributed by atoms with E-state index in [0.29, 0.717) is 17.8 Å². The average molecular weight is 680 g/mol. The molecule has 2 aliphatic heterocycles. The molecule has 0 radical (unpaired) electrons. The third-order valence-corrected chi connectivity index (χ3v) is 9.53. The van der Waals surface area contributed by atoms with Gasteiger partial charge in [-0.3, -0.25) is 19.4 Å². The van der Waals surface area contributed by atoms with E-state index in [1.54, 1.807) is 20.8 Å². The summed E-state index contributed by atoms with van der Waals surface area (Å²) < 4.78 is 10.8. The fourth-order valence-electron chi connectivity index (χ4n) is 4.46. The first-order valence-electron chi connectivity index (χ1n) is 14.0. The van der Waals surface area contributed by atoms with Gasteiger partial charge in [0.25, 0.3) is 0 Å². The predicted octanol–water partition coefficient (Wildman–Crippen LogP) is 4.20. The van der Waals surface area contributed by atoms with Crippen LogP contribution in [0.2, 0.25) is 0 Å². The summed E-state index contributed by atoms with van der Waals surface area (Å²) in [5.74, 6) is -2.23. The monoisotopic (exact) mass is 678 g/mol. The molecule has 1 aromatic rings. The Morgan fingerprint density at radius 3 is 2.44 bits per heavy atom. The van der Waals surface area contributed by atoms with Gasteiger partial charge < -0.3 is 25.2 Å². The zero-order chi connectivity index (χ0) is 32.3. The Balaban J connectivity index is 2.03. The Morgan fingerprint density at radius 1 is 1.16 bits per heavy atom. The Morgan fingerprint density at radius 2 is 1.84 bits per heavy atom. The van der Waals surface area contributed by atoms with E-state index in [9.17, 15) is 24.3 Å². The number of hydrogen-bond donors (Lipinski definition) is 3. The van der Waals surface area contributed by atoms with E-state index in [-0.39, 0.29) is 35.4 Å². The van der Waals surface area contributed by atoms with E-state index < -0.39 is 63.4 Å². The Bertz CT molecular complexity index is 1240. The van der Waals surface area contributed by atoms with Gasteiger partial charge in [-0.05, 0) is 59.8 Å². The van der Waals surface area contributed by atoms with Crippen LogP contribution in [0.5, 0.6) is 0 Å². The minimum atomic E-state index is -1.56. The summed E-state index contributed by atoms with van der Waals surface area (Å²) in [4.78, 5) is 61.7. The minimum absolute atomic E-state index is 0.0252. The lowest BCUT2D eigenvalue weighted by Crippen LogP contribution is -2.49. The van der Waals surface area contributed by atoms with Gasteiger partial charge in [-0.2, -0.15) is 0 Å². The number of carbonyl (C=O) groups is 4. The number of aliphatic imine (C=N–C) groups is 1. The van der Waals surface area contributed by atoms with E-state index in [2.05, 4.69) is 20.6 Å². The maximum atomic E-state index is 13.7. The molecule has 3 unspecified atom stereocenters. The van der Waals surface area contributed by atoms with Crippen molar-refractivity contribution in [1.29, 1.82) is 0 Å². The Labute approximate surface area is 270 Å². The number of cyclic esters (lactones) is 2. The molecule has 11 nitrogen and oxygen atoms in total. The molecule has 3 rings (SSSR count). The van der Waals surface area contributed by atoms with Gasteiger partial charge in [0.15, 0.2) is 11.8 Å². The van der Waals surface area contributed by atoms with Crippen LogP contribution < -0.4 is 10.6 Å². The molecule has 0 aliphatic carbocycles. The molecule has 0 saturated heterocycles. The molecule has 43 heavy (non-hydrogen) atoms. The van der Waals surface area contributed by atoms with Gasteiger partial charge in [-0.25, -0.2) is 9.78 Å². The van der Waals surface area contributed by atoms with Crippen LogP contribution in [-0.4, -0.2) is 79.4 Å². The second kappa shape index (κ2) is 14.0. The molecule has 1 aromatic heterocycles. The van der Waals surface area contributed by atoms with Crippen molar-refractivity contribution < 1.29 is 33.8 Å². The fourth-order valence-corrected chi connectivity index (χ4v) is 6.98. The number of amides is 2. The zero-order valence-corrected chi connectivity index (χ0v) is 28.5. The number of aromatic nitrogens is 1. The van der Waals surface area contributed by atoms with Crippen LogP contribution in [0, 0.1) is 11.3 Å². The second-order valence-corrected chi connectivity index (χ2v) is 16.2. The van der Waals surface area contributed by atoms with Gasteiger partial charge in [-0.1, -0.05) is 13.8 Å². The Kier molecular flexibility index (Phi) is 11.6. The van der Waals surface area contributed by atoms with Crippen molar-refractivity contribution in [3.63, 3.8) is 0 Å². The quantitative estimate of drug-likeness (QED) is 0.296. The minimum Gasteiger partial charge on any atom is -0.456 e. The van der Waals surface area contributed by atoms with Gasteiger partial charge in [0.05, 0.1) is 18.0 Å². The molecule has 3 heterocycles. The number of carbonyl (C=O) groups excluding carboxylic acids is 4. The normalized spacial score (nSPS) is 26.0. The smallest absolute Gasteiger partial charge is 0.358 e. The van der Waals surface area contributed by atoms with Crippen molar-refractivity contribution in [2.45, 2.75) is 102 Å². The van der Waals surface area contributed by atoms with Crippen LogP contribution >= 0.6 is 46.3 Å². The van der Waals surface area contributed by atoms with Crippen LogP contribution in [0.3, 0.4) is 0 Å². The highest BCUT2D eigenvalue weighted by Crippen LogP contribution is 2.36. The van der Waals surface area contributed by atoms with Crippen LogP contribution in [0.4, 0.5) is 0 Å². The molecule has 3 N–H and O–H groups in total. The van der Waals surface area contributed by atoms with E-state index in [1.165, 1.54) is 42.3 Å². The van der Waals surface area contributed by atoms with Crippen molar-refractivity contribution in [2.24, 2.45) is 16.3 Å². The lowest BCUT2D eigenvalue weighted by atomic mass is 9.83. The maximum absolute atomic E-state index is 13.7. The topological polar surface area (TPSA) is 156 Å². The van der Waals surface area contributed by atoms with Crippen molar-refractivity contribution in [1.82, 2.24) is 15.6 Å². The van der Waals surface area contributed by atoms with Gasteiger partial charge in [-0.15, -0.1) is 46.3 Å². The van der Waals surface area contributed by atoms with E-state index in [1.807, 2.05) is 13.8 Å². The molecule has 240 valence electrons. The summed E-state index contributed by atoms with van der Waals surface area (Å²) >= 11 is 14.7. The van der Waals surface area contributed by atoms with E-state index in [4.69, 9.17) is 32.7 Å². The SMILES string of the molecule is CC(C)C1NC(=O)CNC(=O)[C@H]2CSC(=N2)C(C(C)(C)O)OC(=O)C(C)(C)C(CCCC(C)(Cl)Cl)OC(=O)c2csc1n2. The lowest BCUT2D eigenvalue weighted by Gasteiger charge is -2.36. The molecule has 2 amide bonds. The summed E-state index contributed by atoms with van der Waals surface area (Å²) in [5, 5.41) is 18.7. The molecule has 0 fully saturated rings. The maximum Gasteiger partial charge on any atom is 0.358 e. The molecule has 15 heteroatoms. The largest absolute Gasteiger partial charge is 0.456 e. The number of hydrogen-bond acceptors (Lipinski definition) is 11. The first-order valence-corrected chi connectivity index (χ1v) is 16.7. The first kappa shape index (κ1) is 35.5. The summed E-state index contributed by atoms with van der Waals surface area (Å²) in [6.07, 6.45) is -1.15. The van der Waals surface area contributed by atoms with Crippen molar-refractivity contribution in [3.8, 4) is 0 Å². The van der Waals surface area contributed by atoms with Crippen molar-refractivity contribution >= 4 is 75.1 Å². The molecular weight excluding hydrogens is 639 g/mol. The number of aliphatic hydroxyl groups is 1. The lowest BCUT2D eigenvalue weighted by molar-refractivity contribution is -0.171. The van der Waals surface area contributed by atoms with Crippen LogP contribution in [0.15, 0.2) is 10.4 Å². The van der Waals surface area contributed by atoms with E-state index >= 15 is 0 Å². The number of nitrogens with one attached hydrogen (secondary N) is 2. The molecule has 0 spiro atoms. The summed E-state index contributed by atoms with van der Waals surface area (Å²) in [7, 11) is 0. The zero-order valence-electron chi connectivity index (χ0n) is 25.4. The van der Waals surface area contributed by atoms with Crippen molar-refractivity contribution in [3.05, 3.63) is 16.1 Å². The molecular formula is C28H40Cl2N4O7S2. The number of nitrogens with zero attached hydrogens (tertiary/aromatic N) is 2. The van der Waals surface area contributed by atoms with E-state index in [0.717, 1.165) is 0 Å². The van der Waals surface area contributed by atoms with Crippen LogP contribution in [0.1, 0.15) is 89.3 Å². The molecule has 2 aliphatic rings. The van der Waals surface area contributed by atoms with Crippen LogP contribution in [0.25, 0.3) is 0 Å². The van der Waals surface area contributed by atoms with Gasteiger partial charge in [0.2, 0.25) is 11.8 Å². The predicted molar refractivity (Wildman–Crippen MR) is 168 cm³/mol. The fraction of sp³-hybridized carbons (Fsp3) is 0.714. The van der Waals surface area contributed by atoms with Gasteiger partial charge in [0.1, 0.15) is 32.1 Å². The third-order valence-electron chi connectivity index (χ3n) is 7.13. The number of fused-ring (bicyclic) bond motifs is 3. The number of ether oxygens (including phenoxy) is 2. The van der Waals surface area contributed by atoms with Gasteiger partial charge >= 0.3 is 11.9 Å². The Hall–Kier alpha value is -1.93. The molecule has 0 aromatic carbocycles. The number of alkyl halides is 2.